The molecule has 0 saturated heterocycles. The van der Waals surface area contributed by atoms with E-state index in [0.717, 1.165) is 0 Å². The monoisotopic (exact) mass is 249 g/mol. The number of halogens is 2. The Hall–Kier alpha value is -0.350. The quantitative estimate of drug-likeness (QED) is 0.810. The molecule has 2 N–H and O–H groups in total. The first-order valence-corrected chi connectivity index (χ1v) is 5.37. The second kappa shape index (κ2) is 5.12. The molecule has 1 rings (SSSR count). The van der Waals surface area contributed by atoms with Crippen LogP contribution in [0.3, 0.4) is 0 Å². The van der Waals surface area contributed by atoms with Crippen LogP contribution < -0.4 is 0 Å². The highest BCUT2D eigenvalue weighted by Gasteiger charge is 2.24. The third kappa shape index (κ3) is 3.05. The molecule has 0 aromatic carbocycles. The van der Waals surface area contributed by atoms with Gasteiger partial charge in [0.15, 0.2) is 0 Å². The molecule has 1 heterocycles. The first-order chi connectivity index (χ1) is 6.93. The van der Waals surface area contributed by atoms with Crippen LogP contribution in [0.2, 0.25) is 10.2 Å². The van der Waals surface area contributed by atoms with Crippen LogP contribution in [0.15, 0.2) is 12.1 Å². The number of pyridine rings is 1. The van der Waals surface area contributed by atoms with Crippen molar-refractivity contribution in [1.82, 2.24) is 4.98 Å². The fraction of sp³-hybridized carbons (Fsp3) is 0.500. The van der Waals surface area contributed by atoms with Crippen LogP contribution >= 0.6 is 23.2 Å². The van der Waals surface area contributed by atoms with Gasteiger partial charge in [0.2, 0.25) is 0 Å². The van der Waals surface area contributed by atoms with E-state index in [-0.39, 0.29) is 16.8 Å². The summed E-state index contributed by atoms with van der Waals surface area (Å²) in [5.41, 5.74) is 0.213. The van der Waals surface area contributed by atoms with Crippen LogP contribution in [0.1, 0.15) is 25.6 Å². The van der Waals surface area contributed by atoms with E-state index >= 15 is 0 Å². The van der Waals surface area contributed by atoms with Crippen molar-refractivity contribution in [3.05, 3.63) is 28.0 Å². The Balaban J connectivity index is 2.99. The van der Waals surface area contributed by atoms with E-state index in [2.05, 4.69) is 4.98 Å². The molecule has 2 atom stereocenters. The summed E-state index contributed by atoms with van der Waals surface area (Å²) in [5, 5.41) is 20.0. The summed E-state index contributed by atoms with van der Waals surface area (Å²) in [6, 6.07) is 3.07. The van der Waals surface area contributed by atoms with Crippen molar-refractivity contribution in [1.29, 1.82) is 0 Å². The minimum Gasteiger partial charge on any atom is -0.390 e. The van der Waals surface area contributed by atoms with E-state index in [1.165, 1.54) is 6.07 Å². The number of aromatic nitrogens is 1. The van der Waals surface area contributed by atoms with E-state index in [9.17, 15) is 10.2 Å². The zero-order chi connectivity index (χ0) is 11.6. The summed E-state index contributed by atoms with van der Waals surface area (Å²) < 4.78 is 0. The molecule has 2 unspecified atom stereocenters. The van der Waals surface area contributed by atoms with E-state index in [4.69, 9.17) is 23.2 Å². The first kappa shape index (κ1) is 12.7. The molecule has 0 fully saturated rings. The Morgan fingerprint density at radius 3 is 2.33 bits per heavy atom. The van der Waals surface area contributed by atoms with Crippen LogP contribution in [0.5, 0.6) is 0 Å². The number of rotatable bonds is 3. The topological polar surface area (TPSA) is 53.4 Å². The number of aliphatic hydroxyl groups excluding tert-OH is 2. The Kier molecular flexibility index (Phi) is 4.34. The van der Waals surface area contributed by atoms with Gasteiger partial charge in [-0.25, -0.2) is 4.98 Å². The van der Waals surface area contributed by atoms with Crippen LogP contribution in [-0.2, 0) is 0 Å². The zero-order valence-corrected chi connectivity index (χ0v) is 10.00. The lowest BCUT2D eigenvalue weighted by Crippen LogP contribution is -2.25. The minimum atomic E-state index is -1.11. The standard InChI is InChI=1S/C10H13Cl2NO2/c1-5(2)9(14)10(15)8-6(11)3-4-7(12)13-8/h3-5,9-10,14-15H,1-2H3. The molecular formula is C10H13Cl2NO2. The molecule has 1 aromatic rings. The van der Waals surface area contributed by atoms with Crippen LogP contribution in [-0.4, -0.2) is 21.3 Å². The van der Waals surface area contributed by atoms with Gasteiger partial charge in [-0.1, -0.05) is 37.0 Å². The molecule has 15 heavy (non-hydrogen) atoms. The van der Waals surface area contributed by atoms with Crippen molar-refractivity contribution in [2.45, 2.75) is 26.1 Å². The molecule has 0 aliphatic heterocycles. The molecule has 0 aliphatic rings. The van der Waals surface area contributed by atoms with E-state index < -0.39 is 12.2 Å². The Bertz CT molecular complexity index is 344. The molecule has 1 aromatic heterocycles. The number of hydrogen-bond donors (Lipinski definition) is 2. The summed E-state index contributed by atoms with van der Waals surface area (Å²) in [6.45, 7) is 3.60. The molecule has 0 amide bonds. The molecule has 0 spiro atoms. The summed E-state index contributed by atoms with van der Waals surface area (Å²) in [4.78, 5) is 3.90. The van der Waals surface area contributed by atoms with Crippen LogP contribution in [0, 0.1) is 5.92 Å². The van der Waals surface area contributed by atoms with Gasteiger partial charge in [-0.05, 0) is 18.1 Å². The van der Waals surface area contributed by atoms with Gasteiger partial charge in [0.05, 0.1) is 16.8 Å². The molecule has 5 heteroatoms. The lowest BCUT2D eigenvalue weighted by atomic mass is 9.99. The van der Waals surface area contributed by atoms with Crippen molar-refractivity contribution in [2.24, 2.45) is 5.92 Å². The second-order valence-electron chi connectivity index (χ2n) is 3.68. The van der Waals surface area contributed by atoms with Crippen molar-refractivity contribution in [2.75, 3.05) is 0 Å². The third-order valence-electron chi connectivity index (χ3n) is 2.13. The highest BCUT2D eigenvalue weighted by molar-refractivity contribution is 6.32. The predicted octanol–water partition coefficient (Wildman–Crippen LogP) is 2.44. The fourth-order valence-electron chi connectivity index (χ4n) is 1.17. The first-order valence-electron chi connectivity index (χ1n) is 4.61. The SMILES string of the molecule is CC(C)C(O)C(O)c1nc(Cl)ccc1Cl. The average molecular weight is 250 g/mol. The minimum absolute atomic E-state index is 0.0863. The maximum absolute atomic E-state index is 9.81. The Labute approximate surface area is 98.7 Å². The fourth-order valence-corrected chi connectivity index (χ4v) is 1.54. The van der Waals surface area contributed by atoms with Crippen LogP contribution in [0.25, 0.3) is 0 Å². The maximum atomic E-state index is 9.81. The molecule has 3 nitrogen and oxygen atoms in total. The Morgan fingerprint density at radius 2 is 1.80 bits per heavy atom. The van der Waals surface area contributed by atoms with Crippen molar-refractivity contribution >= 4 is 23.2 Å². The molecule has 0 saturated carbocycles. The second-order valence-corrected chi connectivity index (χ2v) is 4.47. The van der Waals surface area contributed by atoms with Crippen molar-refractivity contribution in [3.8, 4) is 0 Å². The lowest BCUT2D eigenvalue weighted by Gasteiger charge is -2.21. The van der Waals surface area contributed by atoms with E-state index in [0.29, 0.717) is 5.02 Å². The lowest BCUT2D eigenvalue weighted by molar-refractivity contribution is -0.0116. The van der Waals surface area contributed by atoms with Crippen LogP contribution in [0.4, 0.5) is 0 Å². The molecular weight excluding hydrogens is 237 g/mol. The molecule has 0 bridgehead atoms. The van der Waals surface area contributed by atoms with E-state index in [1.807, 2.05) is 0 Å². The highest BCUT2D eigenvalue weighted by Crippen LogP contribution is 2.27. The maximum Gasteiger partial charge on any atom is 0.129 e. The summed E-state index contributed by atoms with van der Waals surface area (Å²) in [7, 11) is 0. The van der Waals surface area contributed by atoms with Gasteiger partial charge in [0.1, 0.15) is 11.3 Å². The van der Waals surface area contributed by atoms with Gasteiger partial charge in [-0.15, -0.1) is 0 Å². The number of nitrogens with zero attached hydrogens (tertiary/aromatic N) is 1. The Morgan fingerprint density at radius 1 is 1.20 bits per heavy atom. The normalized spacial score (nSPS) is 15.4. The highest BCUT2D eigenvalue weighted by atomic mass is 35.5. The smallest absolute Gasteiger partial charge is 0.129 e. The van der Waals surface area contributed by atoms with Gasteiger partial charge < -0.3 is 10.2 Å². The van der Waals surface area contributed by atoms with Crippen molar-refractivity contribution in [3.63, 3.8) is 0 Å². The molecule has 0 radical (unpaired) electrons. The van der Waals surface area contributed by atoms with Gasteiger partial charge in [-0.3, -0.25) is 0 Å². The summed E-state index contributed by atoms with van der Waals surface area (Å²) in [6.07, 6.45) is -2.02. The summed E-state index contributed by atoms with van der Waals surface area (Å²) >= 11 is 11.5. The largest absolute Gasteiger partial charge is 0.390 e. The van der Waals surface area contributed by atoms with Gasteiger partial charge in [0, 0.05) is 0 Å². The number of aliphatic hydroxyl groups is 2. The van der Waals surface area contributed by atoms with Gasteiger partial charge in [0.25, 0.3) is 0 Å². The average Bonchev–Trinajstić information content (AvgIpc) is 2.19. The predicted molar refractivity (Wildman–Crippen MR) is 60.1 cm³/mol. The number of hydrogen-bond acceptors (Lipinski definition) is 3. The van der Waals surface area contributed by atoms with E-state index in [1.54, 1.807) is 19.9 Å². The zero-order valence-electron chi connectivity index (χ0n) is 8.48. The molecule has 0 aliphatic carbocycles. The third-order valence-corrected chi connectivity index (χ3v) is 2.66. The summed E-state index contributed by atoms with van der Waals surface area (Å²) in [5.74, 6) is -0.0863. The van der Waals surface area contributed by atoms with Crippen molar-refractivity contribution < 1.29 is 10.2 Å². The van der Waals surface area contributed by atoms with Gasteiger partial charge >= 0.3 is 0 Å². The molecule has 84 valence electrons. The van der Waals surface area contributed by atoms with Gasteiger partial charge in [-0.2, -0.15) is 0 Å².